The maximum Gasteiger partial charge on any atom is 0.269 e. The van der Waals surface area contributed by atoms with E-state index in [1.165, 1.54) is 24.3 Å². The van der Waals surface area contributed by atoms with Gasteiger partial charge >= 0.3 is 0 Å². The molecule has 0 fully saturated rings. The van der Waals surface area contributed by atoms with Crippen LogP contribution in [0, 0.1) is 21.3 Å². The quantitative estimate of drug-likeness (QED) is 0.217. The largest absolute Gasteiger partial charge is 0.303 e. The van der Waals surface area contributed by atoms with Gasteiger partial charge in [0.1, 0.15) is 12.1 Å². The monoisotopic (exact) mass is 435 g/mol. The molecule has 8 heteroatoms. The summed E-state index contributed by atoms with van der Waals surface area (Å²) in [4.78, 5) is 22.2. The maximum atomic E-state index is 13.9. The molecule has 0 aromatic heterocycles. The molecule has 0 saturated carbocycles. The lowest BCUT2D eigenvalue weighted by molar-refractivity contribution is -0.384. The van der Waals surface area contributed by atoms with Gasteiger partial charge in [0.25, 0.3) is 5.69 Å². The van der Waals surface area contributed by atoms with E-state index >= 15 is 0 Å². The molecule has 30 heavy (non-hydrogen) atoms. The summed E-state index contributed by atoms with van der Waals surface area (Å²) in [5.74, 6) is -0.953. The van der Waals surface area contributed by atoms with Crippen LogP contribution in [0.2, 0.25) is 0 Å². The van der Waals surface area contributed by atoms with Crippen LogP contribution >= 0.6 is 0 Å². The fourth-order valence-corrected chi connectivity index (χ4v) is 5.64. The summed E-state index contributed by atoms with van der Waals surface area (Å²) in [7, 11) is -3.90. The van der Waals surface area contributed by atoms with Crippen molar-refractivity contribution in [1.29, 1.82) is 0 Å². The SMILES string of the molecule is CCCC[C@](C=O)(CC)CS(=O)(=O)c1ccc(F)cc1Cc1cccc([N+](=O)[O-])c1. The number of rotatable bonds is 11. The maximum absolute atomic E-state index is 13.9. The van der Waals surface area contributed by atoms with Gasteiger partial charge in [-0.05, 0) is 48.6 Å². The summed E-state index contributed by atoms with van der Waals surface area (Å²) in [5.41, 5.74) is -0.415. The van der Waals surface area contributed by atoms with E-state index in [4.69, 9.17) is 0 Å². The molecule has 1 atom stereocenters. The lowest BCUT2D eigenvalue weighted by Crippen LogP contribution is -2.32. The third-order valence-electron chi connectivity index (χ3n) is 5.33. The first-order valence-corrected chi connectivity index (χ1v) is 11.5. The molecule has 162 valence electrons. The molecule has 0 heterocycles. The molecule has 0 bridgehead atoms. The van der Waals surface area contributed by atoms with Crippen LogP contribution in [0.15, 0.2) is 47.4 Å². The number of carbonyl (C=O) groups excluding carboxylic acids is 1. The van der Waals surface area contributed by atoms with E-state index in [1.807, 2.05) is 6.92 Å². The average molecular weight is 436 g/mol. The zero-order valence-electron chi connectivity index (χ0n) is 17.1. The van der Waals surface area contributed by atoms with Gasteiger partial charge in [-0.3, -0.25) is 10.1 Å². The van der Waals surface area contributed by atoms with Crippen molar-refractivity contribution in [3.8, 4) is 0 Å². The molecule has 2 aromatic carbocycles. The fraction of sp³-hybridized carbons (Fsp3) is 0.409. The summed E-state index contributed by atoms with van der Waals surface area (Å²) in [6, 6.07) is 9.21. The van der Waals surface area contributed by atoms with Crippen LogP contribution in [-0.4, -0.2) is 25.4 Å². The number of halogens is 1. The second kappa shape index (κ2) is 9.93. The van der Waals surface area contributed by atoms with Crippen LogP contribution in [0.4, 0.5) is 10.1 Å². The molecule has 0 saturated heterocycles. The molecule has 0 aliphatic heterocycles. The van der Waals surface area contributed by atoms with Gasteiger partial charge in [0.15, 0.2) is 9.84 Å². The Morgan fingerprint density at radius 1 is 1.17 bits per heavy atom. The van der Waals surface area contributed by atoms with Crippen molar-refractivity contribution in [3.63, 3.8) is 0 Å². The topological polar surface area (TPSA) is 94.3 Å². The molecule has 0 aliphatic rings. The smallest absolute Gasteiger partial charge is 0.269 e. The van der Waals surface area contributed by atoms with Crippen LogP contribution in [-0.2, 0) is 21.1 Å². The van der Waals surface area contributed by atoms with Crippen molar-refractivity contribution in [2.45, 2.75) is 50.8 Å². The van der Waals surface area contributed by atoms with Gasteiger partial charge in [-0.15, -0.1) is 0 Å². The van der Waals surface area contributed by atoms with Crippen molar-refractivity contribution in [2.24, 2.45) is 5.41 Å². The third-order valence-corrected chi connectivity index (χ3v) is 7.36. The molecule has 0 aliphatic carbocycles. The molecule has 2 rings (SSSR count). The number of non-ortho nitro benzene ring substituents is 1. The first-order valence-electron chi connectivity index (χ1n) is 9.87. The van der Waals surface area contributed by atoms with E-state index < -0.39 is 26.0 Å². The lowest BCUT2D eigenvalue weighted by Gasteiger charge is -2.26. The van der Waals surface area contributed by atoms with Gasteiger partial charge in [0, 0.05) is 17.5 Å². The summed E-state index contributed by atoms with van der Waals surface area (Å²) < 4.78 is 40.4. The van der Waals surface area contributed by atoms with Crippen molar-refractivity contribution in [1.82, 2.24) is 0 Å². The van der Waals surface area contributed by atoms with E-state index in [2.05, 4.69) is 0 Å². The molecular weight excluding hydrogens is 409 g/mol. The Kier molecular flexibility index (Phi) is 7.83. The van der Waals surface area contributed by atoms with Gasteiger partial charge < -0.3 is 4.79 Å². The average Bonchev–Trinajstić information content (AvgIpc) is 2.71. The van der Waals surface area contributed by atoms with E-state index in [-0.39, 0.29) is 28.3 Å². The van der Waals surface area contributed by atoms with Crippen molar-refractivity contribution < 1.29 is 22.5 Å². The van der Waals surface area contributed by atoms with Crippen molar-refractivity contribution >= 4 is 21.8 Å². The van der Waals surface area contributed by atoms with Gasteiger partial charge in [0.2, 0.25) is 0 Å². The second-order valence-corrected chi connectivity index (χ2v) is 9.51. The minimum Gasteiger partial charge on any atom is -0.303 e. The number of sulfone groups is 1. The Hall–Kier alpha value is -2.61. The van der Waals surface area contributed by atoms with E-state index in [0.717, 1.165) is 31.3 Å². The number of nitrogens with zero attached hydrogens (tertiary/aromatic N) is 1. The number of hydrogen-bond donors (Lipinski definition) is 0. The summed E-state index contributed by atoms with van der Waals surface area (Å²) in [6.07, 6.45) is 3.16. The lowest BCUT2D eigenvalue weighted by atomic mass is 9.84. The minimum absolute atomic E-state index is 0.0170. The van der Waals surface area contributed by atoms with Gasteiger partial charge in [-0.2, -0.15) is 0 Å². The molecule has 0 unspecified atom stereocenters. The molecule has 0 N–H and O–H groups in total. The number of nitro groups is 1. The number of nitro benzene ring substituents is 1. The number of unbranched alkanes of at least 4 members (excludes halogenated alkanes) is 1. The predicted molar refractivity (Wildman–Crippen MR) is 113 cm³/mol. The zero-order valence-corrected chi connectivity index (χ0v) is 18.0. The van der Waals surface area contributed by atoms with E-state index in [9.17, 15) is 27.7 Å². The van der Waals surface area contributed by atoms with Crippen LogP contribution in [0.25, 0.3) is 0 Å². The van der Waals surface area contributed by atoms with Gasteiger partial charge in [-0.25, -0.2) is 12.8 Å². The molecule has 2 aromatic rings. The molecule has 6 nitrogen and oxygen atoms in total. The molecular formula is C22H26FNO5S. The Balaban J connectivity index is 2.45. The first kappa shape index (κ1) is 23.7. The fourth-order valence-electron chi connectivity index (χ4n) is 3.50. The first-order chi connectivity index (χ1) is 14.2. The van der Waals surface area contributed by atoms with Crippen LogP contribution < -0.4 is 0 Å². The normalized spacial score (nSPS) is 13.6. The van der Waals surface area contributed by atoms with Crippen molar-refractivity contribution in [2.75, 3.05) is 5.75 Å². The Morgan fingerprint density at radius 3 is 2.50 bits per heavy atom. The number of carbonyl (C=O) groups is 1. The highest BCUT2D eigenvalue weighted by molar-refractivity contribution is 7.91. The highest BCUT2D eigenvalue weighted by Gasteiger charge is 2.35. The third kappa shape index (κ3) is 5.72. The predicted octanol–water partition coefficient (Wildman–Crippen LogP) is 4.88. The molecule has 0 amide bonds. The summed E-state index contributed by atoms with van der Waals surface area (Å²) in [6.45, 7) is 3.76. The Bertz CT molecular complexity index is 1020. The number of aldehydes is 1. The van der Waals surface area contributed by atoms with Crippen LogP contribution in [0.1, 0.15) is 50.7 Å². The number of benzene rings is 2. The van der Waals surface area contributed by atoms with Crippen LogP contribution in [0.3, 0.4) is 0 Å². The summed E-state index contributed by atoms with van der Waals surface area (Å²) >= 11 is 0. The van der Waals surface area contributed by atoms with E-state index in [1.54, 1.807) is 13.0 Å². The van der Waals surface area contributed by atoms with Crippen molar-refractivity contribution in [3.05, 3.63) is 69.5 Å². The zero-order chi connectivity index (χ0) is 22.4. The standard InChI is InChI=1S/C22H26FNO5S/c1-3-5-11-22(4-2,15-25)16-30(28,29)21-10-9-19(23)14-18(21)12-17-7-6-8-20(13-17)24(26)27/h6-10,13-15H,3-5,11-12,16H2,1-2H3/t22-/m0/s1. The van der Waals surface area contributed by atoms with Gasteiger partial charge in [0.05, 0.1) is 15.6 Å². The Morgan fingerprint density at radius 2 is 1.90 bits per heavy atom. The Labute approximate surface area is 176 Å². The minimum atomic E-state index is -3.90. The number of hydrogen-bond acceptors (Lipinski definition) is 5. The molecule has 0 radical (unpaired) electrons. The van der Waals surface area contributed by atoms with E-state index in [0.29, 0.717) is 18.4 Å². The second-order valence-electron chi connectivity index (χ2n) is 7.55. The summed E-state index contributed by atoms with van der Waals surface area (Å²) in [5, 5.41) is 11.0. The highest BCUT2D eigenvalue weighted by Crippen LogP contribution is 2.32. The molecule has 0 spiro atoms. The van der Waals surface area contributed by atoms with Crippen LogP contribution in [0.5, 0.6) is 0 Å². The van der Waals surface area contributed by atoms with Gasteiger partial charge in [-0.1, -0.05) is 38.8 Å². The highest BCUT2D eigenvalue weighted by atomic mass is 32.2.